The van der Waals surface area contributed by atoms with Crippen LogP contribution in [0.3, 0.4) is 0 Å². The van der Waals surface area contributed by atoms with E-state index in [2.05, 4.69) is 15.5 Å². The summed E-state index contributed by atoms with van der Waals surface area (Å²) in [4.78, 5) is 28.5. The van der Waals surface area contributed by atoms with Gasteiger partial charge in [0.15, 0.2) is 0 Å². The lowest BCUT2D eigenvalue weighted by molar-refractivity contribution is -0.128. The second-order valence-electron chi connectivity index (χ2n) is 7.91. The summed E-state index contributed by atoms with van der Waals surface area (Å²) >= 11 is 6.30. The Hall–Kier alpha value is -3.20. The van der Waals surface area contributed by atoms with Crippen LogP contribution in [0.1, 0.15) is 40.7 Å². The van der Waals surface area contributed by atoms with E-state index in [-0.39, 0.29) is 17.9 Å². The van der Waals surface area contributed by atoms with E-state index < -0.39 is 0 Å². The minimum atomic E-state index is -0.145. The van der Waals surface area contributed by atoms with E-state index in [0.29, 0.717) is 53.7 Å². The van der Waals surface area contributed by atoms with Gasteiger partial charge in [0.25, 0.3) is 5.91 Å². The number of halogens is 1. The van der Waals surface area contributed by atoms with Gasteiger partial charge in [0.1, 0.15) is 22.7 Å². The van der Waals surface area contributed by atoms with Gasteiger partial charge in [-0.15, -0.1) is 5.10 Å². The predicted octanol–water partition coefficient (Wildman–Crippen LogP) is 2.71. The molecule has 0 spiro atoms. The SMILES string of the molecule is Cc1onc(-c2ccccc2Cl)c1C(=O)N1CC(n2cc(CN3CCCC3=O)nn2)C1. The van der Waals surface area contributed by atoms with Crippen LogP contribution < -0.4 is 0 Å². The van der Waals surface area contributed by atoms with Crippen LogP contribution in [-0.2, 0) is 11.3 Å². The van der Waals surface area contributed by atoms with Crippen molar-refractivity contribution in [3.05, 3.63) is 52.5 Å². The minimum absolute atomic E-state index is 0.0448. The van der Waals surface area contributed by atoms with E-state index in [9.17, 15) is 9.59 Å². The Morgan fingerprint density at radius 2 is 2.10 bits per heavy atom. The zero-order valence-corrected chi connectivity index (χ0v) is 17.7. The molecule has 10 heteroatoms. The Morgan fingerprint density at radius 3 is 2.84 bits per heavy atom. The lowest BCUT2D eigenvalue weighted by Gasteiger charge is -2.38. The number of hydrogen-bond acceptors (Lipinski definition) is 6. The van der Waals surface area contributed by atoms with E-state index in [4.69, 9.17) is 16.1 Å². The van der Waals surface area contributed by atoms with Crippen molar-refractivity contribution in [3.63, 3.8) is 0 Å². The summed E-state index contributed by atoms with van der Waals surface area (Å²) in [6, 6.07) is 7.29. The monoisotopic (exact) mass is 440 g/mol. The third-order valence-electron chi connectivity index (χ3n) is 5.81. The smallest absolute Gasteiger partial charge is 0.259 e. The number of hydrogen-bond donors (Lipinski definition) is 0. The number of carbonyl (C=O) groups is 2. The van der Waals surface area contributed by atoms with Gasteiger partial charge in [0, 0.05) is 31.6 Å². The van der Waals surface area contributed by atoms with Gasteiger partial charge in [-0.2, -0.15) is 0 Å². The van der Waals surface area contributed by atoms with Gasteiger partial charge in [-0.25, -0.2) is 4.68 Å². The van der Waals surface area contributed by atoms with Crippen LogP contribution in [0.2, 0.25) is 5.02 Å². The minimum Gasteiger partial charge on any atom is -0.360 e. The molecule has 4 heterocycles. The zero-order valence-electron chi connectivity index (χ0n) is 17.0. The Balaban J connectivity index is 1.27. The highest BCUT2D eigenvalue weighted by Gasteiger charge is 2.36. The molecule has 0 N–H and O–H groups in total. The molecule has 2 aromatic heterocycles. The molecule has 0 radical (unpaired) electrons. The Kier molecular flexibility index (Phi) is 4.97. The van der Waals surface area contributed by atoms with Crippen molar-refractivity contribution in [1.82, 2.24) is 30.0 Å². The van der Waals surface area contributed by atoms with Gasteiger partial charge in [0.2, 0.25) is 5.91 Å². The van der Waals surface area contributed by atoms with Gasteiger partial charge in [-0.05, 0) is 19.4 Å². The quantitative estimate of drug-likeness (QED) is 0.605. The van der Waals surface area contributed by atoms with Gasteiger partial charge < -0.3 is 14.3 Å². The maximum absolute atomic E-state index is 13.2. The fourth-order valence-electron chi connectivity index (χ4n) is 4.04. The van der Waals surface area contributed by atoms with E-state index in [1.54, 1.807) is 27.5 Å². The van der Waals surface area contributed by atoms with E-state index in [1.807, 2.05) is 24.4 Å². The van der Waals surface area contributed by atoms with Crippen molar-refractivity contribution in [2.75, 3.05) is 19.6 Å². The largest absolute Gasteiger partial charge is 0.360 e. The number of benzene rings is 1. The van der Waals surface area contributed by atoms with Crippen molar-refractivity contribution in [2.45, 2.75) is 32.4 Å². The first-order valence-corrected chi connectivity index (χ1v) is 10.6. The third kappa shape index (κ3) is 3.59. The van der Waals surface area contributed by atoms with Crippen molar-refractivity contribution in [3.8, 4) is 11.3 Å². The van der Waals surface area contributed by atoms with Crippen LogP contribution in [0.5, 0.6) is 0 Å². The number of aryl methyl sites for hydroxylation is 1. The third-order valence-corrected chi connectivity index (χ3v) is 6.14. The fourth-order valence-corrected chi connectivity index (χ4v) is 4.26. The molecule has 2 saturated heterocycles. The summed E-state index contributed by atoms with van der Waals surface area (Å²) in [5.41, 5.74) is 2.31. The highest BCUT2D eigenvalue weighted by Crippen LogP contribution is 2.33. The summed E-state index contributed by atoms with van der Waals surface area (Å²) in [5, 5.41) is 13.0. The summed E-state index contributed by atoms with van der Waals surface area (Å²) in [6.45, 7) is 3.99. The second kappa shape index (κ2) is 7.81. The molecular weight excluding hydrogens is 420 g/mol. The first kappa shape index (κ1) is 19.7. The molecule has 160 valence electrons. The topological polar surface area (TPSA) is 97.4 Å². The summed E-state index contributed by atoms with van der Waals surface area (Å²) in [7, 11) is 0. The van der Waals surface area contributed by atoms with Gasteiger partial charge in [-0.3, -0.25) is 9.59 Å². The number of amides is 2. The van der Waals surface area contributed by atoms with Crippen LogP contribution in [0.4, 0.5) is 0 Å². The highest BCUT2D eigenvalue weighted by atomic mass is 35.5. The lowest BCUT2D eigenvalue weighted by atomic mass is 10.0. The molecule has 1 aromatic carbocycles. The van der Waals surface area contributed by atoms with Gasteiger partial charge in [-0.1, -0.05) is 40.2 Å². The normalized spacial score (nSPS) is 16.8. The van der Waals surface area contributed by atoms with Crippen LogP contribution in [0.15, 0.2) is 35.0 Å². The number of rotatable bonds is 5. The van der Waals surface area contributed by atoms with Gasteiger partial charge in [0.05, 0.1) is 23.8 Å². The molecule has 9 nitrogen and oxygen atoms in total. The molecule has 0 saturated carbocycles. The zero-order chi connectivity index (χ0) is 21.5. The van der Waals surface area contributed by atoms with E-state index in [0.717, 1.165) is 18.7 Å². The molecule has 2 fully saturated rings. The maximum atomic E-state index is 13.2. The molecule has 0 atom stereocenters. The molecule has 2 aliphatic rings. The van der Waals surface area contributed by atoms with Crippen molar-refractivity contribution in [2.24, 2.45) is 0 Å². The number of nitrogens with zero attached hydrogens (tertiary/aromatic N) is 6. The average Bonchev–Trinajstić information content (AvgIpc) is 3.43. The van der Waals surface area contributed by atoms with Crippen LogP contribution in [0.25, 0.3) is 11.3 Å². The molecule has 0 unspecified atom stereocenters. The summed E-state index contributed by atoms with van der Waals surface area (Å²) < 4.78 is 7.09. The van der Waals surface area contributed by atoms with Crippen LogP contribution >= 0.6 is 11.6 Å². The van der Waals surface area contributed by atoms with E-state index >= 15 is 0 Å². The molecule has 3 aromatic rings. The van der Waals surface area contributed by atoms with Crippen molar-refractivity contribution >= 4 is 23.4 Å². The van der Waals surface area contributed by atoms with Crippen LogP contribution in [-0.4, -0.2) is 61.4 Å². The Bertz CT molecular complexity index is 1150. The van der Waals surface area contributed by atoms with E-state index in [1.165, 1.54) is 0 Å². The lowest BCUT2D eigenvalue weighted by Crippen LogP contribution is -2.51. The van der Waals surface area contributed by atoms with Gasteiger partial charge >= 0.3 is 0 Å². The molecule has 31 heavy (non-hydrogen) atoms. The molecule has 0 aliphatic carbocycles. The molecule has 2 amide bonds. The Morgan fingerprint density at radius 1 is 1.29 bits per heavy atom. The standard InChI is InChI=1S/C21H21ClN6O3/c1-13-19(20(24-31-13)16-5-2-3-6-17(16)22)21(30)27-11-15(12-27)28-10-14(23-25-28)9-26-8-4-7-18(26)29/h2-3,5-6,10,15H,4,7-9,11-12H2,1H3. The Labute approximate surface area is 183 Å². The average molecular weight is 441 g/mol. The predicted molar refractivity (Wildman–Crippen MR) is 111 cm³/mol. The number of aromatic nitrogens is 4. The number of carbonyl (C=O) groups excluding carboxylic acids is 2. The summed E-state index contributed by atoms with van der Waals surface area (Å²) in [5.74, 6) is 0.475. The first-order valence-electron chi connectivity index (χ1n) is 10.2. The van der Waals surface area contributed by atoms with Crippen LogP contribution in [0, 0.1) is 6.92 Å². The molecule has 5 rings (SSSR count). The molecule has 0 bridgehead atoms. The maximum Gasteiger partial charge on any atom is 0.259 e. The first-order chi connectivity index (χ1) is 15.0. The second-order valence-corrected chi connectivity index (χ2v) is 8.32. The highest BCUT2D eigenvalue weighted by molar-refractivity contribution is 6.33. The fraction of sp³-hybridized carbons (Fsp3) is 0.381. The van der Waals surface area contributed by atoms with Crippen molar-refractivity contribution in [1.29, 1.82) is 0 Å². The van der Waals surface area contributed by atoms with Crippen molar-refractivity contribution < 1.29 is 14.1 Å². The molecule has 2 aliphatic heterocycles. The molecular formula is C21H21ClN6O3. The number of likely N-dealkylation sites (tertiary alicyclic amines) is 2. The summed E-state index contributed by atoms with van der Waals surface area (Å²) in [6.07, 6.45) is 3.36.